The van der Waals surface area contributed by atoms with Crippen molar-refractivity contribution >= 4 is 15.7 Å². The Labute approximate surface area is 103 Å². The molecule has 0 saturated carbocycles. The number of nitrogens with one attached hydrogen (secondary N) is 2. The zero-order valence-corrected chi connectivity index (χ0v) is 11.2. The SMILES string of the molecule is CCC(C)CNS(=O)(=O)c1ncccc1NC. The Kier molecular flexibility index (Phi) is 4.89. The second-order valence-corrected chi connectivity index (χ2v) is 5.65. The minimum absolute atomic E-state index is 0.0470. The van der Waals surface area contributed by atoms with Crippen LogP contribution in [0.5, 0.6) is 0 Å². The fourth-order valence-corrected chi connectivity index (χ4v) is 2.56. The number of rotatable bonds is 6. The molecule has 1 heterocycles. The standard InChI is InChI=1S/C11H19N3O2S/c1-4-9(2)8-14-17(15,16)11-10(12-3)6-5-7-13-11/h5-7,9,12,14H,4,8H2,1-3H3. The molecule has 0 saturated heterocycles. The van der Waals surface area contributed by atoms with Crippen LogP contribution in [0, 0.1) is 5.92 Å². The second-order valence-electron chi connectivity index (χ2n) is 3.97. The summed E-state index contributed by atoms with van der Waals surface area (Å²) in [7, 11) is -1.86. The van der Waals surface area contributed by atoms with Gasteiger partial charge in [0.1, 0.15) is 0 Å². The van der Waals surface area contributed by atoms with E-state index in [0.29, 0.717) is 18.2 Å². The predicted octanol–water partition coefficient (Wildman–Crippen LogP) is 1.45. The molecule has 2 N–H and O–H groups in total. The molecule has 1 aromatic heterocycles. The summed E-state index contributed by atoms with van der Waals surface area (Å²) < 4.78 is 26.6. The number of hydrogen-bond donors (Lipinski definition) is 2. The van der Waals surface area contributed by atoms with Gasteiger partial charge in [0.25, 0.3) is 10.0 Å². The minimum Gasteiger partial charge on any atom is -0.386 e. The van der Waals surface area contributed by atoms with Crippen LogP contribution >= 0.6 is 0 Å². The van der Waals surface area contributed by atoms with Crippen molar-refractivity contribution in [1.82, 2.24) is 9.71 Å². The van der Waals surface area contributed by atoms with Gasteiger partial charge in [-0.25, -0.2) is 18.1 Å². The molecule has 96 valence electrons. The van der Waals surface area contributed by atoms with Gasteiger partial charge in [-0.15, -0.1) is 0 Å². The van der Waals surface area contributed by atoms with Gasteiger partial charge in [0, 0.05) is 19.8 Å². The van der Waals surface area contributed by atoms with Gasteiger partial charge in [0.2, 0.25) is 0 Å². The van der Waals surface area contributed by atoms with Gasteiger partial charge in [-0.1, -0.05) is 20.3 Å². The molecule has 0 radical (unpaired) electrons. The Morgan fingerprint density at radius 3 is 2.76 bits per heavy atom. The molecule has 0 aliphatic heterocycles. The fourth-order valence-electron chi connectivity index (χ4n) is 1.26. The van der Waals surface area contributed by atoms with Crippen LogP contribution in [0.1, 0.15) is 20.3 Å². The summed E-state index contributed by atoms with van der Waals surface area (Å²) in [5.41, 5.74) is 0.504. The summed E-state index contributed by atoms with van der Waals surface area (Å²) in [5, 5.41) is 2.87. The molecule has 0 bridgehead atoms. The normalized spacial score (nSPS) is 13.4. The van der Waals surface area contributed by atoms with Gasteiger partial charge in [-0.05, 0) is 18.1 Å². The first-order valence-corrected chi connectivity index (χ1v) is 7.12. The third-order valence-electron chi connectivity index (χ3n) is 2.61. The van der Waals surface area contributed by atoms with Crippen molar-refractivity contribution in [3.8, 4) is 0 Å². The van der Waals surface area contributed by atoms with Gasteiger partial charge < -0.3 is 5.32 Å². The molecule has 1 rings (SSSR count). The van der Waals surface area contributed by atoms with E-state index in [1.807, 2.05) is 13.8 Å². The first kappa shape index (κ1) is 13.9. The first-order valence-electron chi connectivity index (χ1n) is 5.63. The Hall–Kier alpha value is -1.14. The molecule has 0 aromatic carbocycles. The Morgan fingerprint density at radius 1 is 1.47 bits per heavy atom. The predicted molar refractivity (Wildman–Crippen MR) is 68.4 cm³/mol. The molecule has 1 aromatic rings. The summed E-state index contributed by atoms with van der Waals surface area (Å²) >= 11 is 0. The van der Waals surface area contributed by atoms with Gasteiger partial charge in [0.05, 0.1) is 5.69 Å². The molecule has 17 heavy (non-hydrogen) atoms. The summed E-state index contributed by atoms with van der Waals surface area (Å²) in [6.07, 6.45) is 2.41. The molecule has 0 aliphatic rings. The zero-order valence-electron chi connectivity index (χ0n) is 10.4. The monoisotopic (exact) mass is 257 g/mol. The molecule has 1 atom stereocenters. The lowest BCUT2D eigenvalue weighted by Gasteiger charge is -2.12. The quantitative estimate of drug-likeness (QED) is 0.809. The summed E-state index contributed by atoms with van der Waals surface area (Å²) in [6.45, 7) is 4.46. The van der Waals surface area contributed by atoms with E-state index in [2.05, 4.69) is 15.0 Å². The third-order valence-corrected chi connectivity index (χ3v) is 3.99. The van der Waals surface area contributed by atoms with Gasteiger partial charge in [-0.2, -0.15) is 0 Å². The smallest absolute Gasteiger partial charge is 0.260 e. The van der Waals surface area contributed by atoms with E-state index in [-0.39, 0.29) is 5.03 Å². The lowest BCUT2D eigenvalue weighted by atomic mass is 10.1. The van der Waals surface area contributed by atoms with Crippen molar-refractivity contribution in [1.29, 1.82) is 0 Å². The van der Waals surface area contributed by atoms with E-state index in [9.17, 15) is 8.42 Å². The average Bonchev–Trinajstić information content (AvgIpc) is 2.35. The number of aromatic nitrogens is 1. The topological polar surface area (TPSA) is 71.1 Å². The maximum Gasteiger partial charge on any atom is 0.260 e. The molecular formula is C11H19N3O2S. The van der Waals surface area contributed by atoms with Crippen LogP contribution in [-0.4, -0.2) is 27.0 Å². The molecule has 0 amide bonds. The van der Waals surface area contributed by atoms with Crippen LogP contribution in [0.3, 0.4) is 0 Å². The highest BCUT2D eigenvalue weighted by atomic mass is 32.2. The van der Waals surface area contributed by atoms with Crippen LogP contribution < -0.4 is 10.0 Å². The number of pyridine rings is 1. The number of anilines is 1. The van der Waals surface area contributed by atoms with Gasteiger partial charge in [-0.3, -0.25) is 0 Å². The van der Waals surface area contributed by atoms with E-state index in [4.69, 9.17) is 0 Å². The highest BCUT2D eigenvalue weighted by Crippen LogP contribution is 2.17. The van der Waals surface area contributed by atoms with E-state index in [1.54, 1.807) is 19.2 Å². The van der Waals surface area contributed by atoms with Crippen molar-refractivity contribution in [2.75, 3.05) is 18.9 Å². The van der Waals surface area contributed by atoms with E-state index in [1.165, 1.54) is 6.20 Å². The molecule has 0 fully saturated rings. The number of hydrogen-bond acceptors (Lipinski definition) is 4. The van der Waals surface area contributed by atoms with E-state index < -0.39 is 10.0 Å². The van der Waals surface area contributed by atoms with E-state index in [0.717, 1.165) is 6.42 Å². The highest BCUT2D eigenvalue weighted by molar-refractivity contribution is 7.89. The fraction of sp³-hybridized carbons (Fsp3) is 0.545. The van der Waals surface area contributed by atoms with E-state index >= 15 is 0 Å². The highest BCUT2D eigenvalue weighted by Gasteiger charge is 2.19. The number of nitrogens with zero attached hydrogens (tertiary/aromatic N) is 1. The Morgan fingerprint density at radius 2 is 2.18 bits per heavy atom. The second kappa shape index (κ2) is 5.97. The summed E-state index contributed by atoms with van der Waals surface area (Å²) in [4.78, 5) is 3.91. The zero-order chi connectivity index (χ0) is 12.9. The molecule has 6 heteroatoms. The van der Waals surface area contributed by atoms with Crippen molar-refractivity contribution < 1.29 is 8.42 Å². The molecule has 0 aliphatic carbocycles. The maximum absolute atomic E-state index is 12.0. The van der Waals surface area contributed by atoms with Crippen molar-refractivity contribution in [3.63, 3.8) is 0 Å². The first-order chi connectivity index (χ1) is 8.01. The lowest BCUT2D eigenvalue weighted by Crippen LogP contribution is -2.29. The average molecular weight is 257 g/mol. The summed E-state index contributed by atoms with van der Waals surface area (Å²) in [6, 6.07) is 3.38. The van der Waals surface area contributed by atoms with Crippen molar-refractivity contribution in [2.24, 2.45) is 5.92 Å². The van der Waals surface area contributed by atoms with Crippen LogP contribution in [-0.2, 0) is 10.0 Å². The Balaban J connectivity index is 2.89. The minimum atomic E-state index is -3.53. The molecular weight excluding hydrogens is 238 g/mol. The molecule has 0 spiro atoms. The third kappa shape index (κ3) is 3.67. The summed E-state index contributed by atoms with van der Waals surface area (Å²) in [5.74, 6) is 0.312. The maximum atomic E-state index is 12.0. The van der Waals surface area contributed by atoms with Gasteiger partial charge >= 0.3 is 0 Å². The molecule has 5 nitrogen and oxygen atoms in total. The van der Waals surface area contributed by atoms with Crippen molar-refractivity contribution in [2.45, 2.75) is 25.3 Å². The lowest BCUT2D eigenvalue weighted by molar-refractivity contribution is 0.527. The van der Waals surface area contributed by atoms with Crippen LogP contribution in [0.25, 0.3) is 0 Å². The van der Waals surface area contributed by atoms with Crippen LogP contribution in [0.15, 0.2) is 23.4 Å². The largest absolute Gasteiger partial charge is 0.386 e. The van der Waals surface area contributed by atoms with Crippen molar-refractivity contribution in [3.05, 3.63) is 18.3 Å². The molecule has 1 unspecified atom stereocenters. The van der Waals surface area contributed by atoms with Gasteiger partial charge in [0.15, 0.2) is 5.03 Å². The van der Waals surface area contributed by atoms with Crippen LogP contribution in [0.2, 0.25) is 0 Å². The Bertz CT molecular complexity index is 460. The number of sulfonamides is 1. The van der Waals surface area contributed by atoms with Crippen LogP contribution in [0.4, 0.5) is 5.69 Å².